The van der Waals surface area contributed by atoms with Crippen molar-refractivity contribution in [2.75, 3.05) is 52.5 Å². The van der Waals surface area contributed by atoms with Crippen molar-refractivity contribution >= 4 is 29.9 Å². The van der Waals surface area contributed by atoms with Crippen LogP contribution in [0.15, 0.2) is 21.5 Å². The minimum Gasteiger partial charge on any atom is -0.465 e. The zero-order valence-electron chi connectivity index (χ0n) is 19.2. The second-order valence-corrected chi connectivity index (χ2v) is 8.61. The number of likely N-dealkylation sites (tertiary alicyclic amines) is 1. The van der Waals surface area contributed by atoms with Crippen LogP contribution in [-0.2, 0) is 4.74 Å². The molecule has 2 aliphatic heterocycles. The number of morpholine rings is 1. The van der Waals surface area contributed by atoms with Crippen molar-refractivity contribution < 1.29 is 9.15 Å². The van der Waals surface area contributed by atoms with E-state index in [1.165, 1.54) is 0 Å². The van der Waals surface area contributed by atoms with E-state index < -0.39 is 0 Å². The molecule has 8 heteroatoms. The monoisotopic (exact) mass is 533 g/mol. The molecule has 2 fully saturated rings. The Morgan fingerprint density at radius 1 is 1.20 bits per heavy atom. The molecular weight excluding hydrogens is 493 g/mol. The van der Waals surface area contributed by atoms with E-state index in [9.17, 15) is 0 Å². The maximum atomic E-state index is 5.98. The largest absolute Gasteiger partial charge is 0.465 e. The molecule has 0 amide bonds. The van der Waals surface area contributed by atoms with Crippen LogP contribution in [0, 0.1) is 12.8 Å². The molecular formula is C22H40IN5O2. The van der Waals surface area contributed by atoms with Crippen molar-refractivity contribution in [3.63, 3.8) is 0 Å². The van der Waals surface area contributed by atoms with Crippen LogP contribution in [0.4, 0.5) is 0 Å². The van der Waals surface area contributed by atoms with Gasteiger partial charge < -0.3 is 19.8 Å². The highest BCUT2D eigenvalue weighted by Gasteiger charge is 2.31. The lowest BCUT2D eigenvalue weighted by Crippen LogP contribution is -2.47. The summed E-state index contributed by atoms with van der Waals surface area (Å²) in [4.78, 5) is 9.94. The SMILES string of the molecule is CCNC(=NCC(c1ccc(C)o1)N1CCOCC1)NC1CN(C(C)C)CC1C.I. The number of halogens is 1. The van der Waals surface area contributed by atoms with Gasteiger partial charge >= 0.3 is 0 Å². The van der Waals surface area contributed by atoms with Crippen molar-refractivity contribution in [2.24, 2.45) is 10.9 Å². The number of hydrogen-bond acceptors (Lipinski definition) is 5. The fourth-order valence-corrected chi connectivity index (χ4v) is 4.19. The van der Waals surface area contributed by atoms with Crippen molar-refractivity contribution in [3.05, 3.63) is 23.7 Å². The van der Waals surface area contributed by atoms with Gasteiger partial charge in [0.25, 0.3) is 0 Å². The first-order valence-electron chi connectivity index (χ1n) is 11.1. The van der Waals surface area contributed by atoms with E-state index in [0.29, 0.717) is 24.5 Å². The normalized spacial score (nSPS) is 24.7. The Morgan fingerprint density at radius 2 is 1.93 bits per heavy atom. The van der Waals surface area contributed by atoms with Crippen molar-refractivity contribution in [3.8, 4) is 0 Å². The van der Waals surface area contributed by atoms with E-state index in [4.69, 9.17) is 14.1 Å². The summed E-state index contributed by atoms with van der Waals surface area (Å²) >= 11 is 0. The molecule has 3 heterocycles. The van der Waals surface area contributed by atoms with Gasteiger partial charge in [-0.1, -0.05) is 6.92 Å². The molecule has 3 atom stereocenters. The molecule has 1 aromatic rings. The number of nitrogens with zero attached hydrogens (tertiary/aromatic N) is 3. The molecule has 1 aromatic heterocycles. The van der Waals surface area contributed by atoms with Gasteiger partial charge in [0.2, 0.25) is 0 Å². The quantitative estimate of drug-likeness (QED) is 0.320. The molecule has 0 bridgehead atoms. The summed E-state index contributed by atoms with van der Waals surface area (Å²) in [7, 11) is 0. The average molecular weight is 533 g/mol. The highest BCUT2D eigenvalue weighted by atomic mass is 127. The molecule has 7 nitrogen and oxygen atoms in total. The van der Waals surface area contributed by atoms with Gasteiger partial charge in [0.15, 0.2) is 5.96 Å². The third-order valence-electron chi connectivity index (χ3n) is 6.04. The first-order chi connectivity index (χ1) is 14.0. The first kappa shape index (κ1) is 25.4. The predicted octanol–water partition coefficient (Wildman–Crippen LogP) is 2.86. The van der Waals surface area contributed by atoms with E-state index in [-0.39, 0.29) is 30.0 Å². The minimum atomic E-state index is 0. The van der Waals surface area contributed by atoms with Crippen LogP contribution in [-0.4, -0.2) is 80.3 Å². The van der Waals surface area contributed by atoms with Crippen LogP contribution < -0.4 is 10.6 Å². The molecule has 0 aliphatic carbocycles. The number of hydrogen-bond donors (Lipinski definition) is 2. The van der Waals surface area contributed by atoms with Crippen molar-refractivity contribution in [1.29, 1.82) is 0 Å². The van der Waals surface area contributed by atoms with Crippen LogP contribution >= 0.6 is 24.0 Å². The van der Waals surface area contributed by atoms with Gasteiger partial charge in [-0.3, -0.25) is 14.8 Å². The van der Waals surface area contributed by atoms with Crippen molar-refractivity contribution in [2.45, 2.75) is 52.7 Å². The molecule has 3 unspecified atom stereocenters. The van der Waals surface area contributed by atoms with Crippen LogP contribution in [0.1, 0.15) is 45.3 Å². The average Bonchev–Trinajstić information content (AvgIpc) is 3.29. The summed E-state index contributed by atoms with van der Waals surface area (Å²) < 4.78 is 11.5. The number of nitrogens with one attached hydrogen (secondary N) is 2. The minimum absolute atomic E-state index is 0. The molecule has 3 rings (SSSR count). The zero-order valence-corrected chi connectivity index (χ0v) is 21.5. The Balaban J connectivity index is 0.00000320. The van der Waals surface area contributed by atoms with Crippen LogP contribution in [0.25, 0.3) is 0 Å². The number of rotatable bonds is 7. The number of guanidine groups is 1. The maximum Gasteiger partial charge on any atom is 0.191 e. The molecule has 0 saturated carbocycles. The number of ether oxygens (including phenoxy) is 1. The number of aliphatic imine (C=N–C) groups is 1. The smallest absolute Gasteiger partial charge is 0.191 e. The number of aryl methyl sites for hydroxylation is 1. The molecule has 2 N–H and O–H groups in total. The van der Waals surface area contributed by atoms with Gasteiger partial charge in [-0.2, -0.15) is 0 Å². The van der Waals surface area contributed by atoms with Gasteiger partial charge in [0.05, 0.1) is 25.8 Å². The lowest BCUT2D eigenvalue weighted by atomic mass is 10.1. The zero-order chi connectivity index (χ0) is 20.8. The molecule has 2 aliphatic rings. The Labute approximate surface area is 199 Å². The van der Waals surface area contributed by atoms with E-state index in [1.807, 2.05) is 13.0 Å². The summed E-state index contributed by atoms with van der Waals surface area (Å²) in [6.45, 7) is 18.0. The lowest BCUT2D eigenvalue weighted by Gasteiger charge is -2.32. The Bertz CT molecular complexity index is 660. The molecule has 0 radical (unpaired) electrons. The van der Waals surface area contributed by atoms with E-state index >= 15 is 0 Å². The summed E-state index contributed by atoms with van der Waals surface area (Å²) in [5.74, 6) is 3.44. The van der Waals surface area contributed by atoms with Crippen LogP contribution in [0.3, 0.4) is 0 Å². The van der Waals surface area contributed by atoms with E-state index in [2.05, 4.69) is 54.2 Å². The maximum absolute atomic E-state index is 5.98. The summed E-state index contributed by atoms with van der Waals surface area (Å²) in [6, 6.07) is 5.26. The molecule has 30 heavy (non-hydrogen) atoms. The summed E-state index contributed by atoms with van der Waals surface area (Å²) in [5, 5.41) is 7.13. The summed E-state index contributed by atoms with van der Waals surface area (Å²) in [6.07, 6.45) is 0. The predicted molar refractivity (Wildman–Crippen MR) is 133 cm³/mol. The summed E-state index contributed by atoms with van der Waals surface area (Å²) in [5.41, 5.74) is 0. The topological polar surface area (TPSA) is 65.3 Å². The van der Waals surface area contributed by atoms with Gasteiger partial charge in [-0.05, 0) is 45.7 Å². The second-order valence-electron chi connectivity index (χ2n) is 8.61. The van der Waals surface area contributed by atoms with Gasteiger partial charge in [-0.25, -0.2) is 0 Å². The van der Waals surface area contributed by atoms with Crippen molar-refractivity contribution in [1.82, 2.24) is 20.4 Å². The highest BCUT2D eigenvalue weighted by molar-refractivity contribution is 14.0. The van der Waals surface area contributed by atoms with Gasteiger partial charge in [-0.15, -0.1) is 24.0 Å². The Morgan fingerprint density at radius 3 is 2.50 bits per heavy atom. The standard InChI is InChI=1S/C22H39N5O2.HI/c1-6-23-22(25-19-15-27(16(2)3)14-17(19)4)24-13-20(21-8-7-18(5)29-21)26-9-11-28-12-10-26;/h7-8,16-17,19-20H,6,9-15H2,1-5H3,(H2,23,24,25);1H. The highest BCUT2D eigenvalue weighted by Crippen LogP contribution is 2.24. The molecule has 0 aromatic carbocycles. The number of furan rings is 1. The Kier molecular flexibility index (Phi) is 10.4. The van der Waals surface area contributed by atoms with Gasteiger partial charge in [0, 0.05) is 44.8 Å². The molecule has 2 saturated heterocycles. The van der Waals surface area contributed by atoms with Crippen LogP contribution in [0.5, 0.6) is 0 Å². The lowest BCUT2D eigenvalue weighted by molar-refractivity contribution is 0.0135. The third kappa shape index (κ3) is 6.83. The Hall–Kier alpha value is -0.840. The third-order valence-corrected chi connectivity index (χ3v) is 6.04. The molecule has 172 valence electrons. The fourth-order valence-electron chi connectivity index (χ4n) is 4.19. The van der Waals surface area contributed by atoms with Crippen LogP contribution in [0.2, 0.25) is 0 Å². The second kappa shape index (κ2) is 12.3. The fraction of sp³-hybridized carbons (Fsp3) is 0.773. The van der Waals surface area contributed by atoms with E-state index in [0.717, 1.165) is 63.4 Å². The van der Waals surface area contributed by atoms with Gasteiger partial charge in [0.1, 0.15) is 11.5 Å². The molecule has 0 spiro atoms. The van der Waals surface area contributed by atoms with E-state index in [1.54, 1.807) is 0 Å². The first-order valence-corrected chi connectivity index (χ1v) is 11.1.